The van der Waals surface area contributed by atoms with Crippen LogP contribution in [0.15, 0.2) is 10.9 Å². The van der Waals surface area contributed by atoms with Crippen LogP contribution in [0.2, 0.25) is 0 Å². The highest BCUT2D eigenvalue weighted by atomic mass is 16.5. The summed E-state index contributed by atoms with van der Waals surface area (Å²) in [6, 6.07) is 1.39. The Labute approximate surface area is 134 Å². The van der Waals surface area contributed by atoms with Gasteiger partial charge in [-0.2, -0.15) is 0 Å². The van der Waals surface area contributed by atoms with Gasteiger partial charge in [0.15, 0.2) is 11.4 Å². The maximum atomic E-state index is 12.8. The fraction of sp³-hybridized carbons (Fsp3) is 0.625. The second-order valence-corrected chi connectivity index (χ2v) is 6.16. The van der Waals surface area contributed by atoms with Crippen molar-refractivity contribution in [1.82, 2.24) is 9.47 Å². The summed E-state index contributed by atoms with van der Waals surface area (Å²) < 4.78 is 12.3. The van der Waals surface area contributed by atoms with Gasteiger partial charge in [-0.15, -0.1) is 0 Å². The molecule has 1 N–H and O–H groups in total. The van der Waals surface area contributed by atoms with Crippen molar-refractivity contribution in [3.05, 3.63) is 27.7 Å². The number of hydrogen-bond acceptors (Lipinski definition) is 5. The van der Waals surface area contributed by atoms with E-state index in [1.807, 2.05) is 11.5 Å². The van der Waals surface area contributed by atoms with Crippen LogP contribution in [-0.2, 0) is 10.3 Å². The summed E-state index contributed by atoms with van der Waals surface area (Å²) >= 11 is 0. The molecule has 2 atom stereocenters. The molecule has 3 heterocycles. The minimum absolute atomic E-state index is 0.0489. The number of ether oxygens (including phenoxy) is 2. The van der Waals surface area contributed by atoms with Crippen molar-refractivity contribution in [2.75, 3.05) is 33.9 Å². The molecule has 126 valence electrons. The Kier molecular flexibility index (Phi) is 3.93. The lowest BCUT2D eigenvalue weighted by Gasteiger charge is -2.43. The number of likely N-dealkylation sites (N-methyl/N-ethyl adjacent to an activating group) is 1. The summed E-state index contributed by atoms with van der Waals surface area (Å²) in [5.41, 5.74) is -0.103. The Morgan fingerprint density at radius 3 is 2.74 bits per heavy atom. The van der Waals surface area contributed by atoms with E-state index in [4.69, 9.17) is 9.47 Å². The van der Waals surface area contributed by atoms with Crippen molar-refractivity contribution in [3.63, 3.8) is 0 Å². The van der Waals surface area contributed by atoms with Crippen LogP contribution in [0, 0.1) is 0 Å². The highest BCUT2D eigenvalue weighted by Crippen LogP contribution is 2.46. The molecule has 7 heteroatoms. The van der Waals surface area contributed by atoms with Crippen LogP contribution < -0.4 is 10.2 Å². The molecule has 1 aromatic rings. The molecule has 1 amide bonds. The predicted molar refractivity (Wildman–Crippen MR) is 82.9 cm³/mol. The van der Waals surface area contributed by atoms with Crippen molar-refractivity contribution < 1.29 is 19.4 Å². The molecule has 0 fully saturated rings. The number of nitrogens with zero attached hydrogens (tertiary/aromatic N) is 2. The van der Waals surface area contributed by atoms with Crippen LogP contribution >= 0.6 is 0 Å². The molecule has 0 aromatic carbocycles. The lowest BCUT2D eigenvalue weighted by Crippen LogP contribution is -2.53. The van der Waals surface area contributed by atoms with Crippen LogP contribution in [0.5, 0.6) is 5.75 Å². The van der Waals surface area contributed by atoms with Crippen molar-refractivity contribution in [1.29, 1.82) is 0 Å². The molecule has 0 saturated carbocycles. The number of rotatable bonds is 5. The van der Waals surface area contributed by atoms with E-state index < -0.39 is 11.6 Å². The molecule has 0 bridgehead atoms. The standard InChI is InChI=1S/C16H22N2O5/c1-4-17-9-16(5-6-22-2)8-12(20)10-7-11(19)14(23-3)13(15(17)21)18(10)16/h7,12,20H,4-6,8-9H2,1-3H3. The SMILES string of the molecule is CCN1CC2(CCOC)CC(O)c3cc(=O)c(OC)c(n32)C1=O. The maximum absolute atomic E-state index is 12.8. The quantitative estimate of drug-likeness (QED) is 0.854. The largest absolute Gasteiger partial charge is 0.491 e. The normalized spacial score (nSPS) is 25.7. The number of pyridine rings is 1. The van der Waals surface area contributed by atoms with Gasteiger partial charge in [-0.05, 0) is 13.3 Å². The topological polar surface area (TPSA) is 81.0 Å². The lowest BCUT2D eigenvalue weighted by atomic mass is 9.89. The van der Waals surface area contributed by atoms with E-state index in [9.17, 15) is 14.7 Å². The predicted octanol–water partition coefficient (Wildman–Crippen LogP) is 0.501. The number of aromatic nitrogens is 1. The highest BCUT2D eigenvalue weighted by molar-refractivity contribution is 5.96. The van der Waals surface area contributed by atoms with Gasteiger partial charge >= 0.3 is 0 Å². The van der Waals surface area contributed by atoms with Gasteiger partial charge in [-0.1, -0.05) is 0 Å². The van der Waals surface area contributed by atoms with E-state index in [1.54, 1.807) is 12.0 Å². The Balaban J connectivity index is 2.29. The Bertz CT molecular complexity index is 698. The molecular formula is C16H22N2O5. The summed E-state index contributed by atoms with van der Waals surface area (Å²) in [5, 5.41) is 10.5. The molecule has 1 aromatic heterocycles. The summed E-state index contributed by atoms with van der Waals surface area (Å²) in [6.45, 7) is 3.43. The Morgan fingerprint density at radius 2 is 2.13 bits per heavy atom. The number of amides is 1. The van der Waals surface area contributed by atoms with Crippen LogP contribution in [0.4, 0.5) is 0 Å². The van der Waals surface area contributed by atoms with Gasteiger partial charge in [0.1, 0.15) is 0 Å². The number of methoxy groups -OCH3 is 2. The molecule has 0 spiro atoms. The second-order valence-electron chi connectivity index (χ2n) is 6.16. The lowest BCUT2D eigenvalue weighted by molar-refractivity contribution is 0.0426. The van der Waals surface area contributed by atoms with Gasteiger partial charge in [0.05, 0.1) is 24.4 Å². The van der Waals surface area contributed by atoms with E-state index in [0.29, 0.717) is 38.2 Å². The zero-order chi connectivity index (χ0) is 16.8. The Morgan fingerprint density at radius 1 is 1.39 bits per heavy atom. The van der Waals surface area contributed by atoms with Gasteiger partial charge < -0.3 is 24.0 Å². The van der Waals surface area contributed by atoms with E-state index in [2.05, 4.69) is 0 Å². The van der Waals surface area contributed by atoms with Crippen LogP contribution in [0.25, 0.3) is 0 Å². The van der Waals surface area contributed by atoms with Crippen LogP contribution in [-0.4, -0.2) is 54.4 Å². The van der Waals surface area contributed by atoms with Gasteiger partial charge in [-0.3, -0.25) is 9.59 Å². The summed E-state index contributed by atoms with van der Waals surface area (Å²) in [4.78, 5) is 26.8. The average molecular weight is 322 g/mol. The number of aliphatic hydroxyl groups excluding tert-OH is 1. The zero-order valence-electron chi connectivity index (χ0n) is 13.7. The third-order valence-electron chi connectivity index (χ3n) is 4.92. The van der Waals surface area contributed by atoms with E-state index in [1.165, 1.54) is 13.2 Å². The number of aliphatic hydroxyl groups is 1. The molecule has 3 rings (SSSR count). The molecule has 2 aliphatic heterocycles. The minimum Gasteiger partial charge on any atom is -0.491 e. The molecule has 7 nitrogen and oxygen atoms in total. The fourth-order valence-corrected chi connectivity index (χ4v) is 3.87. The molecule has 2 aliphatic rings. The zero-order valence-corrected chi connectivity index (χ0v) is 13.7. The molecular weight excluding hydrogens is 300 g/mol. The first-order valence-electron chi connectivity index (χ1n) is 7.79. The third kappa shape index (κ3) is 2.18. The molecule has 0 aliphatic carbocycles. The smallest absolute Gasteiger partial charge is 0.274 e. The van der Waals surface area contributed by atoms with Gasteiger partial charge in [-0.25, -0.2) is 0 Å². The van der Waals surface area contributed by atoms with Crippen molar-refractivity contribution in [2.24, 2.45) is 0 Å². The first-order valence-corrected chi connectivity index (χ1v) is 7.79. The van der Waals surface area contributed by atoms with Gasteiger partial charge in [0.2, 0.25) is 5.43 Å². The number of carbonyl (C=O) groups excluding carboxylic acids is 1. The van der Waals surface area contributed by atoms with E-state index in [-0.39, 0.29) is 22.8 Å². The van der Waals surface area contributed by atoms with E-state index >= 15 is 0 Å². The molecule has 2 unspecified atom stereocenters. The summed E-state index contributed by atoms with van der Waals surface area (Å²) in [6.07, 6.45) is 0.338. The van der Waals surface area contributed by atoms with Crippen LogP contribution in [0.3, 0.4) is 0 Å². The monoisotopic (exact) mass is 322 g/mol. The first kappa shape index (κ1) is 16.0. The fourth-order valence-electron chi connectivity index (χ4n) is 3.87. The highest BCUT2D eigenvalue weighted by Gasteiger charge is 2.50. The summed E-state index contributed by atoms with van der Waals surface area (Å²) in [7, 11) is 3.02. The number of hydrogen-bond donors (Lipinski definition) is 1. The summed E-state index contributed by atoms with van der Waals surface area (Å²) in [5.74, 6) is -0.182. The van der Waals surface area contributed by atoms with Crippen molar-refractivity contribution in [2.45, 2.75) is 31.4 Å². The Hall–Kier alpha value is -1.86. The van der Waals surface area contributed by atoms with Crippen molar-refractivity contribution in [3.8, 4) is 5.75 Å². The first-order chi connectivity index (χ1) is 11.0. The van der Waals surface area contributed by atoms with Gasteiger partial charge in [0.25, 0.3) is 5.91 Å². The molecule has 23 heavy (non-hydrogen) atoms. The molecule has 0 radical (unpaired) electrons. The average Bonchev–Trinajstić information content (AvgIpc) is 2.81. The van der Waals surface area contributed by atoms with Crippen molar-refractivity contribution >= 4 is 5.91 Å². The van der Waals surface area contributed by atoms with E-state index in [0.717, 1.165) is 0 Å². The number of carbonyl (C=O) groups is 1. The van der Waals surface area contributed by atoms with Gasteiger partial charge in [0, 0.05) is 39.3 Å². The minimum atomic E-state index is -0.770. The molecule has 0 saturated heterocycles. The second kappa shape index (κ2) is 5.65. The maximum Gasteiger partial charge on any atom is 0.274 e. The third-order valence-corrected chi connectivity index (χ3v) is 4.92. The van der Waals surface area contributed by atoms with Crippen LogP contribution in [0.1, 0.15) is 42.1 Å².